The van der Waals surface area contributed by atoms with E-state index in [-0.39, 0.29) is 17.9 Å². The number of hydrogen-bond acceptors (Lipinski definition) is 7. The summed E-state index contributed by atoms with van der Waals surface area (Å²) in [7, 11) is 0. The molecule has 1 N–H and O–H groups in total. The monoisotopic (exact) mass is 437 g/mol. The Kier molecular flexibility index (Phi) is 7.02. The molecular formula is C24H27N3O5. The van der Waals surface area contributed by atoms with Crippen molar-refractivity contribution in [2.45, 2.75) is 39.5 Å². The molecule has 0 aliphatic carbocycles. The van der Waals surface area contributed by atoms with Crippen LogP contribution in [-0.2, 0) is 14.9 Å². The van der Waals surface area contributed by atoms with Crippen LogP contribution in [0.5, 0.6) is 0 Å². The molecule has 0 aromatic carbocycles. The Bertz CT molecular complexity index is 1120. The number of hydrogen-bond donors (Lipinski definition) is 1. The van der Waals surface area contributed by atoms with Crippen LogP contribution in [0.1, 0.15) is 50.0 Å². The van der Waals surface area contributed by atoms with Crippen LogP contribution in [0.25, 0.3) is 11.3 Å². The summed E-state index contributed by atoms with van der Waals surface area (Å²) < 4.78 is 10.7. The minimum absolute atomic E-state index is 0.165. The zero-order chi connectivity index (χ0) is 23.3. The summed E-state index contributed by atoms with van der Waals surface area (Å²) in [6.45, 7) is 7.46. The second-order valence-corrected chi connectivity index (χ2v) is 8.38. The maximum Gasteiger partial charge on any atom is 0.317 e. The Balaban J connectivity index is 1.95. The number of carbonyl (C=O) groups is 2. The zero-order valence-corrected chi connectivity index (χ0v) is 18.6. The van der Waals surface area contributed by atoms with Crippen LogP contribution in [0.2, 0.25) is 0 Å². The van der Waals surface area contributed by atoms with Gasteiger partial charge in [-0.25, -0.2) is 0 Å². The number of aromatic amines is 1. The second kappa shape index (κ2) is 9.72. The Morgan fingerprint density at radius 1 is 1.16 bits per heavy atom. The van der Waals surface area contributed by atoms with Gasteiger partial charge in [0.25, 0.3) is 5.56 Å². The Hall–Kier alpha value is -3.55. The molecule has 32 heavy (non-hydrogen) atoms. The van der Waals surface area contributed by atoms with E-state index in [2.05, 4.69) is 15.1 Å². The third-order valence-corrected chi connectivity index (χ3v) is 5.47. The molecule has 0 aliphatic rings. The molecule has 0 saturated heterocycles. The Morgan fingerprint density at radius 2 is 1.84 bits per heavy atom. The van der Waals surface area contributed by atoms with E-state index in [0.717, 1.165) is 0 Å². The van der Waals surface area contributed by atoms with Gasteiger partial charge in [-0.3, -0.25) is 24.4 Å². The van der Waals surface area contributed by atoms with Crippen molar-refractivity contribution in [3.05, 3.63) is 70.5 Å². The zero-order valence-electron chi connectivity index (χ0n) is 18.6. The van der Waals surface area contributed by atoms with Crippen LogP contribution in [0.3, 0.4) is 0 Å². The maximum absolute atomic E-state index is 13.2. The van der Waals surface area contributed by atoms with Crippen molar-refractivity contribution in [1.82, 2.24) is 15.1 Å². The van der Waals surface area contributed by atoms with Crippen LogP contribution < -0.4 is 5.56 Å². The molecule has 168 valence electrons. The molecule has 3 aromatic heterocycles. The van der Waals surface area contributed by atoms with E-state index in [1.807, 2.05) is 20.8 Å². The number of carbonyl (C=O) groups excluding carboxylic acids is 2. The molecule has 8 heteroatoms. The van der Waals surface area contributed by atoms with Gasteiger partial charge in [0, 0.05) is 35.9 Å². The first-order valence-corrected chi connectivity index (χ1v) is 10.5. The van der Waals surface area contributed by atoms with E-state index in [0.29, 0.717) is 28.9 Å². The molecule has 8 nitrogen and oxygen atoms in total. The number of aromatic nitrogens is 3. The first-order valence-electron chi connectivity index (χ1n) is 10.5. The van der Waals surface area contributed by atoms with E-state index < -0.39 is 23.2 Å². The highest BCUT2D eigenvalue weighted by Crippen LogP contribution is 2.37. The normalized spacial score (nSPS) is 13.4. The SMILES string of the molecule is CCOC(=O)C(C(=O)c1cccnc1)C(C)CC(C)(C)c1c(-c2cccnc2)o[nH]c1=O. The number of ether oxygens (including phenoxy) is 1. The van der Waals surface area contributed by atoms with Gasteiger partial charge in [0.05, 0.1) is 12.2 Å². The van der Waals surface area contributed by atoms with Crippen LogP contribution in [-0.4, -0.2) is 33.5 Å². The summed E-state index contributed by atoms with van der Waals surface area (Å²) in [5.74, 6) is -1.99. The van der Waals surface area contributed by atoms with E-state index in [9.17, 15) is 14.4 Å². The first kappa shape index (κ1) is 23.1. The minimum Gasteiger partial charge on any atom is -0.465 e. The van der Waals surface area contributed by atoms with Gasteiger partial charge in [0.1, 0.15) is 5.92 Å². The van der Waals surface area contributed by atoms with Gasteiger partial charge in [-0.1, -0.05) is 20.8 Å². The molecular weight excluding hydrogens is 410 g/mol. The number of esters is 1. The first-order chi connectivity index (χ1) is 15.3. The van der Waals surface area contributed by atoms with Crippen molar-refractivity contribution in [3.63, 3.8) is 0 Å². The van der Waals surface area contributed by atoms with Gasteiger partial charge in [0.15, 0.2) is 11.5 Å². The fraction of sp³-hybridized carbons (Fsp3) is 0.375. The van der Waals surface area contributed by atoms with Gasteiger partial charge >= 0.3 is 5.97 Å². The van der Waals surface area contributed by atoms with E-state index in [4.69, 9.17) is 9.26 Å². The summed E-state index contributed by atoms with van der Waals surface area (Å²) in [5, 5.41) is 2.41. The average molecular weight is 437 g/mol. The van der Waals surface area contributed by atoms with Gasteiger partial charge in [0.2, 0.25) is 0 Å². The standard InChI is InChI=1S/C24H27N3O5/c1-5-31-23(30)18(20(28)16-8-6-10-25-13-16)15(2)12-24(3,4)19-21(32-27-22(19)29)17-9-7-11-26-14-17/h6-11,13-15,18H,5,12H2,1-4H3,(H,27,29). The van der Waals surface area contributed by atoms with Gasteiger partial charge in [-0.2, -0.15) is 5.16 Å². The number of nitrogens with zero attached hydrogens (tertiary/aromatic N) is 2. The van der Waals surface area contributed by atoms with Crippen molar-refractivity contribution in [1.29, 1.82) is 0 Å². The number of H-pyrrole nitrogens is 1. The molecule has 2 atom stereocenters. The molecule has 0 spiro atoms. The van der Waals surface area contributed by atoms with Crippen molar-refractivity contribution < 1.29 is 18.8 Å². The lowest BCUT2D eigenvalue weighted by Gasteiger charge is -2.30. The third kappa shape index (κ3) is 4.85. The molecule has 0 saturated carbocycles. The van der Waals surface area contributed by atoms with Gasteiger partial charge in [-0.15, -0.1) is 0 Å². The fourth-order valence-electron chi connectivity index (χ4n) is 4.16. The van der Waals surface area contributed by atoms with Crippen molar-refractivity contribution >= 4 is 11.8 Å². The fourth-order valence-corrected chi connectivity index (χ4v) is 4.16. The maximum atomic E-state index is 13.2. The highest BCUT2D eigenvalue weighted by molar-refractivity contribution is 6.08. The van der Waals surface area contributed by atoms with E-state index >= 15 is 0 Å². The molecule has 2 unspecified atom stereocenters. The largest absolute Gasteiger partial charge is 0.465 e. The summed E-state index contributed by atoms with van der Waals surface area (Å²) in [6, 6.07) is 6.83. The predicted octanol–water partition coefficient (Wildman–Crippen LogP) is 3.79. The van der Waals surface area contributed by atoms with E-state index in [1.165, 1.54) is 6.20 Å². The number of ketones is 1. The van der Waals surface area contributed by atoms with Crippen LogP contribution >= 0.6 is 0 Å². The molecule has 3 aromatic rings. The van der Waals surface area contributed by atoms with Gasteiger partial charge < -0.3 is 9.26 Å². The summed E-state index contributed by atoms with van der Waals surface area (Å²) in [5.41, 5.74) is 0.369. The van der Waals surface area contributed by atoms with Crippen molar-refractivity contribution in [2.75, 3.05) is 6.61 Å². The topological polar surface area (TPSA) is 115 Å². The van der Waals surface area contributed by atoms with Gasteiger partial charge in [-0.05, 0) is 48.9 Å². The Labute approximate surface area is 186 Å². The van der Waals surface area contributed by atoms with Crippen LogP contribution in [0.4, 0.5) is 0 Å². The summed E-state index contributed by atoms with van der Waals surface area (Å²) >= 11 is 0. The van der Waals surface area contributed by atoms with Crippen LogP contribution in [0, 0.1) is 11.8 Å². The molecule has 0 fully saturated rings. The van der Waals surface area contributed by atoms with Crippen molar-refractivity contribution in [2.24, 2.45) is 11.8 Å². The molecule has 0 bridgehead atoms. The smallest absolute Gasteiger partial charge is 0.317 e. The third-order valence-electron chi connectivity index (χ3n) is 5.47. The highest BCUT2D eigenvalue weighted by Gasteiger charge is 2.40. The number of nitrogens with one attached hydrogen (secondary N) is 1. The Morgan fingerprint density at radius 3 is 2.44 bits per heavy atom. The summed E-state index contributed by atoms with van der Waals surface area (Å²) in [4.78, 5) is 46.7. The molecule has 0 radical (unpaired) electrons. The number of pyridine rings is 2. The number of Topliss-reactive ketones (excluding diaryl/α,β-unsaturated/α-hetero) is 1. The highest BCUT2D eigenvalue weighted by atomic mass is 16.5. The molecule has 3 heterocycles. The predicted molar refractivity (Wildman–Crippen MR) is 118 cm³/mol. The van der Waals surface area contributed by atoms with Crippen molar-refractivity contribution in [3.8, 4) is 11.3 Å². The average Bonchev–Trinajstić information content (AvgIpc) is 3.17. The lowest BCUT2D eigenvalue weighted by atomic mass is 9.72. The minimum atomic E-state index is -1.02. The van der Waals surface area contributed by atoms with E-state index in [1.54, 1.807) is 49.8 Å². The quantitative estimate of drug-likeness (QED) is 0.308. The summed E-state index contributed by atoms with van der Waals surface area (Å²) in [6.07, 6.45) is 6.61. The number of rotatable bonds is 9. The lowest BCUT2D eigenvalue weighted by molar-refractivity contribution is -0.147. The molecule has 0 amide bonds. The van der Waals surface area contributed by atoms with Crippen LogP contribution in [0.15, 0.2) is 58.4 Å². The molecule has 3 rings (SSSR count). The molecule has 0 aliphatic heterocycles. The lowest BCUT2D eigenvalue weighted by Crippen LogP contribution is -2.36. The second-order valence-electron chi connectivity index (χ2n) is 8.38.